The average Bonchev–Trinajstić information content (AvgIpc) is 2.81. The molecule has 6 nitrogen and oxygen atoms in total. The summed E-state index contributed by atoms with van der Waals surface area (Å²) in [6, 6.07) is 0. The van der Waals surface area contributed by atoms with E-state index in [2.05, 4.69) is 27.7 Å². The summed E-state index contributed by atoms with van der Waals surface area (Å²) in [6.07, 6.45) is 3.72. The molecule has 0 unspecified atom stereocenters. The van der Waals surface area contributed by atoms with Crippen LogP contribution in [0.3, 0.4) is 0 Å². The van der Waals surface area contributed by atoms with Gasteiger partial charge in [0, 0.05) is 13.6 Å². The van der Waals surface area contributed by atoms with Gasteiger partial charge in [-0.2, -0.15) is 5.10 Å². The minimum absolute atomic E-state index is 0.762. The van der Waals surface area contributed by atoms with Crippen LogP contribution in [0.15, 0.2) is 12.4 Å². The molecule has 0 saturated carbocycles. The van der Waals surface area contributed by atoms with Crippen molar-refractivity contribution in [3.05, 3.63) is 23.8 Å². The van der Waals surface area contributed by atoms with Gasteiger partial charge in [0.15, 0.2) is 0 Å². The van der Waals surface area contributed by atoms with Gasteiger partial charge >= 0.3 is 0 Å². The van der Waals surface area contributed by atoms with E-state index in [-0.39, 0.29) is 0 Å². The molecule has 16 heavy (non-hydrogen) atoms. The van der Waals surface area contributed by atoms with Gasteiger partial charge in [-0.05, 0) is 13.5 Å². The number of aryl methyl sites for hydroxylation is 2. The third kappa shape index (κ3) is 1.96. The normalized spacial score (nSPS) is 10.9. The summed E-state index contributed by atoms with van der Waals surface area (Å²) in [5.74, 6) is 0. The molecule has 0 radical (unpaired) electrons. The van der Waals surface area contributed by atoms with Crippen molar-refractivity contribution in [3.63, 3.8) is 0 Å². The van der Waals surface area contributed by atoms with Crippen LogP contribution in [0.25, 0.3) is 5.69 Å². The fraction of sp³-hybridized carbons (Fsp3) is 0.500. The van der Waals surface area contributed by atoms with E-state index in [1.54, 1.807) is 10.9 Å². The van der Waals surface area contributed by atoms with E-state index in [1.807, 2.05) is 24.9 Å². The van der Waals surface area contributed by atoms with Crippen molar-refractivity contribution in [1.29, 1.82) is 0 Å². The number of rotatable bonds is 4. The lowest BCUT2D eigenvalue weighted by Crippen LogP contribution is -2.15. The fourth-order valence-electron chi connectivity index (χ4n) is 1.63. The van der Waals surface area contributed by atoms with Crippen LogP contribution in [0.1, 0.15) is 18.3 Å². The summed E-state index contributed by atoms with van der Waals surface area (Å²) in [7, 11) is 1.90. The molecule has 0 aliphatic carbocycles. The molecule has 2 rings (SSSR count). The van der Waals surface area contributed by atoms with E-state index in [1.165, 1.54) is 0 Å². The van der Waals surface area contributed by atoms with Crippen molar-refractivity contribution in [2.45, 2.75) is 20.4 Å². The highest BCUT2D eigenvalue weighted by Gasteiger charge is 2.10. The Kier molecular flexibility index (Phi) is 3.00. The zero-order valence-electron chi connectivity index (χ0n) is 9.80. The second kappa shape index (κ2) is 4.44. The molecule has 2 aromatic rings. The van der Waals surface area contributed by atoms with Crippen molar-refractivity contribution < 1.29 is 0 Å². The maximum absolute atomic E-state index is 4.30. The Bertz CT molecular complexity index is 469. The first-order chi connectivity index (χ1) is 7.72. The lowest BCUT2D eigenvalue weighted by molar-refractivity contribution is 0.671. The molecular formula is C10H16N6. The number of hydrogen-bond donors (Lipinski definition) is 1. The van der Waals surface area contributed by atoms with Crippen LogP contribution in [0.5, 0.6) is 0 Å². The summed E-state index contributed by atoms with van der Waals surface area (Å²) < 4.78 is 3.61. The minimum Gasteiger partial charge on any atom is -0.311 e. The topological polar surface area (TPSA) is 60.6 Å². The number of nitrogens with one attached hydrogen (secondary N) is 1. The first-order valence-electron chi connectivity index (χ1n) is 5.33. The van der Waals surface area contributed by atoms with Gasteiger partial charge in [-0.3, -0.25) is 4.68 Å². The van der Waals surface area contributed by atoms with E-state index in [0.29, 0.717) is 0 Å². The standard InChI is InChI=1S/C10H16N6/c1-4-11-5-9-6-12-14-16(9)10-7-15(3)13-8(10)2/h6-7,11H,4-5H2,1-3H3. The molecular weight excluding hydrogens is 204 g/mol. The monoisotopic (exact) mass is 220 g/mol. The largest absolute Gasteiger partial charge is 0.311 e. The average molecular weight is 220 g/mol. The van der Waals surface area contributed by atoms with Gasteiger partial charge < -0.3 is 5.32 Å². The van der Waals surface area contributed by atoms with Crippen molar-refractivity contribution in [2.24, 2.45) is 7.05 Å². The highest BCUT2D eigenvalue weighted by Crippen LogP contribution is 2.12. The smallest absolute Gasteiger partial charge is 0.108 e. The molecule has 0 aromatic carbocycles. The molecule has 0 saturated heterocycles. The maximum atomic E-state index is 4.30. The quantitative estimate of drug-likeness (QED) is 0.811. The molecule has 0 bridgehead atoms. The van der Waals surface area contributed by atoms with E-state index >= 15 is 0 Å². The summed E-state index contributed by atoms with van der Waals surface area (Å²) >= 11 is 0. The lowest BCUT2D eigenvalue weighted by Gasteiger charge is -2.04. The Hall–Kier alpha value is -1.69. The van der Waals surface area contributed by atoms with Gasteiger partial charge in [-0.25, -0.2) is 4.68 Å². The zero-order chi connectivity index (χ0) is 11.5. The van der Waals surface area contributed by atoms with Crippen molar-refractivity contribution in [2.75, 3.05) is 6.54 Å². The van der Waals surface area contributed by atoms with Crippen LogP contribution in [0, 0.1) is 6.92 Å². The molecule has 0 spiro atoms. The van der Waals surface area contributed by atoms with Crippen molar-refractivity contribution >= 4 is 0 Å². The van der Waals surface area contributed by atoms with Crippen LogP contribution in [0.2, 0.25) is 0 Å². The minimum atomic E-state index is 0.762. The van der Waals surface area contributed by atoms with Gasteiger partial charge in [0.25, 0.3) is 0 Å². The second-order valence-corrected chi connectivity index (χ2v) is 3.69. The van der Waals surface area contributed by atoms with Gasteiger partial charge in [-0.15, -0.1) is 5.10 Å². The molecule has 0 amide bonds. The van der Waals surface area contributed by atoms with Crippen LogP contribution in [-0.4, -0.2) is 31.3 Å². The summed E-state index contributed by atoms with van der Waals surface area (Å²) in [6.45, 7) is 5.73. The number of aromatic nitrogens is 5. The Morgan fingerprint density at radius 2 is 2.25 bits per heavy atom. The molecule has 86 valence electrons. The highest BCUT2D eigenvalue weighted by atomic mass is 15.4. The van der Waals surface area contributed by atoms with E-state index in [9.17, 15) is 0 Å². The van der Waals surface area contributed by atoms with Gasteiger partial charge in [0.2, 0.25) is 0 Å². The molecule has 0 fully saturated rings. The first kappa shape index (κ1) is 10.8. The van der Waals surface area contributed by atoms with Crippen molar-refractivity contribution in [3.8, 4) is 5.69 Å². The van der Waals surface area contributed by atoms with Gasteiger partial charge in [0.1, 0.15) is 5.69 Å². The van der Waals surface area contributed by atoms with Crippen molar-refractivity contribution in [1.82, 2.24) is 30.1 Å². The van der Waals surface area contributed by atoms with Crippen LogP contribution in [0.4, 0.5) is 0 Å². The Morgan fingerprint density at radius 1 is 1.44 bits per heavy atom. The Labute approximate surface area is 94.3 Å². The third-order valence-corrected chi connectivity index (χ3v) is 2.39. The van der Waals surface area contributed by atoms with Crippen LogP contribution < -0.4 is 5.32 Å². The molecule has 1 N–H and O–H groups in total. The van der Waals surface area contributed by atoms with E-state index in [4.69, 9.17) is 0 Å². The molecule has 2 heterocycles. The Morgan fingerprint density at radius 3 is 2.88 bits per heavy atom. The van der Waals surface area contributed by atoms with E-state index in [0.717, 1.165) is 30.2 Å². The molecule has 0 aliphatic rings. The summed E-state index contributed by atoms with van der Waals surface area (Å²) in [5.41, 5.74) is 2.97. The lowest BCUT2D eigenvalue weighted by atomic mass is 10.3. The predicted molar refractivity (Wildman–Crippen MR) is 60.2 cm³/mol. The summed E-state index contributed by atoms with van der Waals surface area (Å²) in [4.78, 5) is 0. The Balaban J connectivity index is 2.33. The third-order valence-electron chi connectivity index (χ3n) is 2.39. The molecule has 6 heteroatoms. The van der Waals surface area contributed by atoms with Crippen LogP contribution in [-0.2, 0) is 13.6 Å². The molecule has 2 aromatic heterocycles. The number of hydrogen-bond acceptors (Lipinski definition) is 4. The van der Waals surface area contributed by atoms with Gasteiger partial charge in [0.05, 0.1) is 23.8 Å². The SMILES string of the molecule is CCNCc1cnnn1-c1cn(C)nc1C. The second-order valence-electron chi connectivity index (χ2n) is 3.69. The predicted octanol–water partition coefficient (Wildman–Crippen LogP) is 0.419. The first-order valence-corrected chi connectivity index (χ1v) is 5.33. The van der Waals surface area contributed by atoms with Crippen LogP contribution >= 0.6 is 0 Å². The number of nitrogens with zero attached hydrogens (tertiary/aromatic N) is 5. The summed E-state index contributed by atoms with van der Waals surface area (Å²) in [5, 5.41) is 15.6. The molecule has 0 aliphatic heterocycles. The maximum Gasteiger partial charge on any atom is 0.108 e. The molecule has 0 atom stereocenters. The van der Waals surface area contributed by atoms with E-state index < -0.39 is 0 Å². The fourth-order valence-corrected chi connectivity index (χ4v) is 1.63. The highest BCUT2D eigenvalue weighted by molar-refractivity contribution is 5.33. The van der Waals surface area contributed by atoms with Gasteiger partial charge in [-0.1, -0.05) is 12.1 Å². The zero-order valence-corrected chi connectivity index (χ0v) is 9.80.